The van der Waals surface area contributed by atoms with Gasteiger partial charge in [-0.05, 0) is 48.4 Å². The summed E-state index contributed by atoms with van der Waals surface area (Å²) in [6.07, 6.45) is 3.07. The standard InChI is InChI=1S/C22H18F2N2O3/c23-17-11-15(12-18(24)13-17)8-9-25-22(28)20(14-19-7-4-10-29-19)26-21(27)16-5-2-1-3-6-16/h1-7,10-14H,8-9H2,(H,25,28)(H,26,27)/b20-14-. The third-order valence-electron chi connectivity index (χ3n) is 3.98. The maximum atomic E-state index is 13.3. The molecule has 0 atom stereocenters. The molecule has 0 aliphatic carbocycles. The fourth-order valence-electron chi connectivity index (χ4n) is 2.63. The number of carbonyl (C=O) groups is 2. The predicted molar refractivity (Wildman–Crippen MR) is 104 cm³/mol. The highest BCUT2D eigenvalue weighted by Crippen LogP contribution is 2.10. The molecule has 2 N–H and O–H groups in total. The van der Waals surface area contributed by atoms with Gasteiger partial charge in [-0.15, -0.1) is 0 Å². The maximum Gasteiger partial charge on any atom is 0.267 e. The summed E-state index contributed by atoms with van der Waals surface area (Å²) in [5.74, 6) is -1.98. The van der Waals surface area contributed by atoms with E-state index >= 15 is 0 Å². The highest BCUT2D eigenvalue weighted by atomic mass is 19.1. The molecule has 0 saturated carbocycles. The average Bonchev–Trinajstić information content (AvgIpc) is 3.20. The van der Waals surface area contributed by atoms with Gasteiger partial charge in [-0.3, -0.25) is 9.59 Å². The minimum atomic E-state index is -0.681. The third-order valence-corrected chi connectivity index (χ3v) is 3.98. The fraction of sp³-hybridized carbons (Fsp3) is 0.0909. The Morgan fingerprint density at radius 1 is 0.966 bits per heavy atom. The fourth-order valence-corrected chi connectivity index (χ4v) is 2.63. The minimum absolute atomic E-state index is 0.0146. The highest BCUT2D eigenvalue weighted by molar-refractivity contribution is 6.05. The zero-order valence-electron chi connectivity index (χ0n) is 15.3. The summed E-state index contributed by atoms with van der Waals surface area (Å²) in [4.78, 5) is 25.0. The molecule has 3 aromatic rings. The lowest BCUT2D eigenvalue weighted by Gasteiger charge is -2.11. The van der Waals surface area contributed by atoms with Gasteiger partial charge in [0.1, 0.15) is 23.1 Å². The molecule has 0 aliphatic heterocycles. The van der Waals surface area contributed by atoms with Crippen LogP contribution in [0.3, 0.4) is 0 Å². The van der Waals surface area contributed by atoms with Crippen LogP contribution in [0.15, 0.2) is 77.0 Å². The molecule has 0 spiro atoms. The van der Waals surface area contributed by atoms with Crippen LogP contribution in [0.25, 0.3) is 6.08 Å². The second-order valence-corrected chi connectivity index (χ2v) is 6.18. The highest BCUT2D eigenvalue weighted by Gasteiger charge is 2.15. The van der Waals surface area contributed by atoms with Crippen molar-refractivity contribution in [2.75, 3.05) is 6.54 Å². The van der Waals surface area contributed by atoms with Gasteiger partial charge in [-0.1, -0.05) is 18.2 Å². The first-order chi connectivity index (χ1) is 14.0. The summed E-state index contributed by atoms with van der Waals surface area (Å²) >= 11 is 0. The molecule has 0 bridgehead atoms. The SMILES string of the molecule is O=C(NCCc1cc(F)cc(F)c1)/C(=C/c1ccco1)NC(=O)c1ccccc1. The van der Waals surface area contributed by atoms with Gasteiger partial charge in [-0.25, -0.2) is 8.78 Å². The van der Waals surface area contributed by atoms with Gasteiger partial charge in [-0.2, -0.15) is 0 Å². The Morgan fingerprint density at radius 2 is 1.69 bits per heavy atom. The first kappa shape index (κ1) is 20.0. The van der Waals surface area contributed by atoms with Gasteiger partial charge in [0.15, 0.2) is 0 Å². The van der Waals surface area contributed by atoms with Crippen molar-refractivity contribution in [1.29, 1.82) is 0 Å². The van der Waals surface area contributed by atoms with E-state index in [9.17, 15) is 18.4 Å². The van der Waals surface area contributed by atoms with Gasteiger partial charge < -0.3 is 15.1 Å². The molecule has 0 fully saturated rings. The Bertz CT molecular complexity index is 996. The number of benzene rings is 2. The summed E-state index contributed by atoms with van der Waals surface area (Å²) in [6.45, 7) is 0.123. The van der Waals surface area contributed by atoms with Crippen molar-refractivity contribution in [1.82, 2.24) is 10.6 Å². The van der Waals surface area contributed by atoms with E-state index in [0.29, 0.717) is 16.9 Å². The zero-order valence-corrected chi connectivity index (χ0v) is 15.3. The van der Waals surface area contributed by atoms with E-state index in [-0.39, 0.29) is 18.7 Å². The lowest BCUT2D eigenvalue weighted by atomic mass is 10.1. The van der Waals surface area contributed by atoms with Crippen molar-refractivity contribution in [3.63, 3.8) is 0 Å². The van der Waals surface area contributed by atoms with Crippen molar-refractivity contribution in [2.45, 2.75) is 6.42 Å². The van der Waals surface area contributed by atoms with Crippen molar-refractivity contribution >= 4 is 17.9 Å². The molecule has 1 heterocycles. The van der Waals surface area contributed by atoms with Crippen LogP contribution < -0.4 is 10.6 Å². The summed E-state index contributed by atoms with van der Waals surface area (Å²) in [7, 11) is 0. The monoisotopic (exact) mass is 396 g/mol. The first-order valence-corrected chi connectivity index (χ1v) is 8.86. The molecule has 0 saturated heterocycles. The molecule has 5 nitrogen and oxygen atoms in total. The van der Waals surface area contributed by atoms with Gasteiger partial charge in [0.2, 0.25) is 0 Å². The molecule has 1 aromatic heterocycles. The van der Waals surface area contributed by atoms with Crippen molar-refractivity contribution in [3.8, 4) is 0 Å². The van der Waals surface area contributed by atoms with Crippen LogP contribution in [-0.2, 0) is 11.2 Å². The van der Waals surface area contributed by atoms with Crippen LogP contribution >= 0.6 is 0 Å². The molecular weight excluding hydrogens is 378 g/mol. The van der Waals surface area contributed by atoms with E-state index in [0.717, 1.165) is 6.07 Å². The van der Waals surface area contributed by atoms with Crippen molar-refractivity contribution in [3.05, 3.63) is 101 Å². The molecule has 0 radical (unpaired) electrons. The number of carbonyl (C=O) groups excluding carboxylic acids is 2. The largest absolute Gasteiger partial charge is 0.465 e. The van der Waals surface area contributed by atoms with Gasteiger partial charge in [0, 0.05) is 24.3 Å². The molecule has 0 aliphatic rings. The van der Waals surface area contributed by atoms with Crippen LogP contribution in [-0.4, -0.2) is 18.4 Å². The molecule has 2 aromatic carbocycles. The Morgan fingerprint density at radius 3 is 2.34 bits per heavy atom. The number of hydrogen-bond donors (Lipinski definition) is 2. The third kappa shape index (κ3) is 5.87. The molecule has 148 valence electrons. The Kier molecular flexibility index (Phi) is 6.52. The smallest absolute Gasteiger partial charge is 0.267 e. The van der Waals surface area contributed by atoms with Crippen LogP contribution in [0.2, 0.25) is 0 Å². The van der Waals surface area contributed by atoms with Gasteiger partial charge in [0.25, 0.3) is 11.8 Å². The Labute approximate surface area is 166 Å². The number of furan rings is 1. The van der Waals surface area contributed by atoms with Crippen LogP contribution in [0.5, 0.6) is 0 Å². The lowest BCUT2D eigenvalue weighted by Crippen LogP contribution is -2.35. The van der Waals surface area contributed by atoms with Crippen LogP contribution in [0.1, 0.15) is 21.7 Å². The van der Waals surface area contributed by atoms with E-state index in [1.165, 1.54) is 24.5 Å². The number of amides is 2. The molecular formula is C22H18F2N2O3. The van der Waals surface area contributed by atoms with E-state index in [2.05, 4.69) is 10.6 Å². The number of rotatable bonds is 7. The quantitative estimate of drug-likeness (QED) is 0.599. The summed E-state index contributed by atoms with van der Waals surface area (Å²) in [5, 5.41) is 5.20. The van der Waals surface area contributed by atoms with E-state index in [1.807, 2.05) is 0 Å². The van der Waals surface area contributed by atoms with Gasteiger partial charge >= 0.3 is 0 Å². The Hall–Kier alpha value is -3.74. The summed E-state index contributed by atoms with van der Waals surface area (Å²) in [6, 6.07) is 14.9. The van der Waals surface area contributed by atoms with E-state index in [1.54, 1.807) is 42.5 Å². The van der Waals surface area contributed by atoms with Gasteiger partial charge in [0.05, 0.1) is 6.26 Å². The van der Waals surface area contributed by atoms with E-state index in [4.69, 9.17) is 4.42 Å². The molecule has 3 rings (SSSR count). The molecule has 0 unspecified atom stereocenters. The van der Waals surface area contributed by atoms with Crippen LogP contribution in [0.4, 0.5) is 8.78 Å². The lowest BCUT2D eigenvalue weighted by molar-refractivity contribution is -0.117. The second-order valence-electron chi connectivity index (χ2n) is 6.18. The van der Waals surface area contributed by atoms with Crippen molar-refractivity contribution < 1.29 is 22.8 Å². The molecule has 29 heavy (non-hydrogen) atoms. The molecule has 7 heteroatoms. The normalized spacial score (nSPS) is 11.2. The van der Waals surface area contributed by atoms with Crippen molar-refractivity contribution in [2.24, 2.45) is 0 Å². The number of nitrogens with one attached hydrogen (secondary N) is 2. The maximum absolute atomic E-state index is 13.3. The van der Waals surface area contributed by atoms with Crippen LogP contribution in [0, 0.1) is 11.6 Å². The van der Waals surface area contributed by atoms with E-state index < -0.39 is 23.4 Å². The summed E-state index contributed by atoms with van der Waals surface area (Å²) < 4.78 is 31.7. The summed E-state index contributed by atoms with van der Waals surface area (Å²) in [5.41, 5.74) is 0.785. The Balaban J connectivity index is 1.68. The zero-order chi connectivity index (χ0) is 20.6. The number of hydrogen-bond acceptors (Lipinski definition) is 3. The topological polar surface area (TPSA) is 71.3 Å². The second kappa shape index (κ2) is 9.45. The number of halogens is 2. The molecule has 2 amide bonds. The predicted octanol–water partition coefficient (Wildman–Crippen LogP) is 3.69. The minimum Gasteiger partial charge on any atom is -0.465 e. The first-order valence-electron chi connectivity index (χ1n) is 8.86. The average molecular weight is 396 g/mol.